The van der Waals surface area contributed by atoms with Crippen molar-refractivity contribution in [2.75, 3.05) is 6.54 Å². The van der Waals surface area contributed by atoms with Crippen molar-refractivity contribution in [3.8, 4) is 0 Å². The quantitative estimate of drug-likeness (QED) is 0.743. The molecule has 0 atom stereocenters. The van der Waals surface area contributed by atoms with Crippen LogP contribution in [0.15, 0.2) is 29.2 Å². The molecule has 2 rings (SSSR count). The van der Waals surface area contributed by atoms with Crippen LogP contribution in [0.2, 0.25) is 0 Å². The van der Waals surface area contributed by atoms with Crippen molar-refractivity contribution < 1.29 is 13.2 Å². The number of hydrogen-bond donors (Lipinski definition) is 2. The monoisotopic (exact) mass is 366 g/mol. The van der Waals surface area contributed by atoms with Crippen LogP contribution in [-0.4, -0.2) is 26.9 Å². The minimum absolute atomic E-state index is 0.0318. The van der Waals surface area contributed by atoms with Crippen LogP contribution < -0.4 is 10.0 Å². The number of nitrogens with one attached hydrogen (secondary N) is 2. The minimum Gasteiger partial charge on any atom is -0.356 e. The van der Waals surface area contributed by atoms with Crippen LogP contribution in [0.25, 0.3) is 0 Å². The largest absolute Gasteiger partial charge is 0.356 e. The molecule has 0 aliphatic heterocycles. The molecule has 25 heavy (non-hydrogen) atoms. The molecule has 0 aromatic heterocycles. The molecule has 1 aliphatic rings. The molecule has 2 N–H and O–H groups in total. The maximum atomic E-state index is 12.5. The van der Waals surface area contributed by atoms with Gasteiger partial charge in [-0.2, -0.15) is 0 Å². The van der Waals surface area contributed by atoms with Crippen molar-refractivity contribution >= 4 is 15.9 Å². The van der Waals surface area contributed by atoms with Gasteiger partial charge >= 0.3 is 0 Å². The predicted octanol–water partition coefficient (Wildman–Crippen LogP) is 3.00. The lowest BCUT2D eigenvalue weighted by atomic mass is 9.96. The van der Waals surface area contributed by atoms with Gasteiger partial charge in [-0.15, -0.1) is 0 Å². The Morgan fingerprint density at radius 2 is 1.76 bits per heavy atom. The number of carbonyl (C=O) groups is 1. The molecule has 1 amide bonds. The molecule has 140 valence electrons. The van der Waals surface area contributed by atoms with E-state index in [9.17, 15) is 13.2 Å². The van der Waals surface area contributed by atoms with E-state index in [-0.39, 0.29) is 11.9 Å². The third-order valence-electron chi connectivity index (χ3n) is 4.51. The Morgan fingerprint density at radius 3 is 2.36 bits per heavy atom. The molecule has 0 radical (unpaired) electrons. The Kier molecular flexibility index (Phi) is 7.44. The topological polar surface area (TPSA) is 75.3 Å². The van der Waals surface area contributed by atoms with Crippen molar-refractivity contribution in [2.45, 2.75) is 69.7 Å². The third kappa shape index (κ3) is 6.78. The molecule has 6 heteroatoms. The molecule has 0 saturated heterocycles. The summed E-state index contributed by atoms with van der Waals surface area (Å²) < 4.78 is 27.7. The number of amides is 1. The fraction of sp³-hybridized carbons (Fsp3) is 0.632. The number of aryl methyl sites for hydroxylation is 1. The summed E-state index contributed by atoms with van der Waals surface area (Å²) in [6.07, 6.45) is 6.23. The van der Waals surface area contributed by atoms with E-state index < -0.39 is 10.0 Å². The molecule has 1 aliphatic carbocycles. The lowest BCUT2D eigenvalue weighted by molar-refractivity contribution is -0.121. The molecule has 0 unspecified atom stereocenters. The van der Waals surface area contributed by atoms with Gasteiger partial charge in [0, 0.05) is 19.0 Å². The number of sulfonamides is 1. The maximum Gasteiger partial charge on any atom is 0.240 e. The first kappa shape index (κ1) is 19.9. The summed E-state index contributed by atoms with van der Waals surface area (Å²) in [7, 11) is -3.46. The number of carbonyl (C=O) groups excluding carboxylic acids is 1. The van der Waals surface area contributed by atoms with Gasteiger partial charge in [-0.1, -0.05) is 45.2 Å². The molecule has 1 aromatic rings. The first-order chi connectivity index (χ1) is 11.9. The summed E-state index contributed by atoms with van der Waals surface area (Å²) in [5.41, 5.74) is 0.969. The van der Waals surface area contributed by atoms with Crippen LogP contribution in [0, 0.1) is 5.92 Å². The summed E-state index contributed by atoms with van der Waals surface area (Å²) in [6.45, 7) is 4.80. The van der Waals surface area contributed by atoms with E-state index in [0.717, 1.165) is 31.2 Å². The zero-order valence-electron chi connectivity index (χ0n) is 15.3. The van der Waals surface area contributed by atoms with E-state index in [1.54, 1.807) is 24.3 Å². The van der Waals surface area contributed by atoms with Crippen LogP contribution >= 0.6 is 0 Å². The lowest BCUT2D eigenvalue weighted by Gasteiger charge is -2.22. The number of hydrogen-bond acceptors (Lipinski definition) is 3. The molecule has 0 heterocycles. The Bertz CT molecular complexity index is 648. The van der Waals surface area contributed by atoms with Gasteiger partial charge in [0.25, 0.3) is 0 Å². The second-order valence-corrected chi connectivity index (χ2v) is 9.01. The first-order valence-corrected chi connectivity index (χ1v) is 10.7. The van der Waals surface area contributed by atoms with Gasteiger partial charge in [0.1, 0.15) is 0 Å². The van der Waals surface area contributed by atoms with Crippen LogP contribution in [0.3, 0.4) is 0 Å². The van der Waals surface area contributed by atoms with Gasteiger partial charge in [0.2, 0.25) is 15.9 Å². The third-order valence-corrected chi connectivity index (χ3v) is 6.05. The zero-order chi connectivity index (χ0) is 18.3. The Morgan fingerprint density at radius 1 is 1.12 bits per heavy atom. The normalized spacial score (nSPS) is 16.1. The molecular weight excluding hydrogens is 336 g/mol. The van der Waals surface area contributed by atoms with Gasteiger partial charge < -0.3 is 5.32 Å². The Labute approximate surface area is 151 Å². The predicted molar refractivity (Wildman–Crippen MR) is 99.8 cm³/mol. The van der Waals surface area contributed by atoms with Crippen LogP contribution in [0.4, 0.5) is 0 Å². The summed E-state index contributed by atoms with van der Waals surface area (Å²) >= 11 is 0. The summed E-state index contributed by atoms with van der Waals surface area (Å²) in [6, 6.07) is 6.91. The average Bonchev–Trinajstić information content (AvgIpc) is 2.59. The van der Waals surface area contributed by atoms with E-state index in [1.165, 1.54) is 6.42 Å². The molecule has 0 spiro atoms. The molecule has 5 nitrogen and oxygen atoms in total. The standard InChI is InChI=1S/C19H30N2O3S/c1-15(2)14-20-19(22)13-10-16-8-11-18(12-9-16)25(23,24)21-17-6-4-3-5-7-17/h8-9,11-12,15,17,21H,3-7,10,13-14H2,1-2H3,(H,20,22). The van der Waals surface area contributed by atoms with E-state index in [1.807, 2.05) is 0 Å². The molecule has 1 aromatic carbocycles. The zero-order valence-corrected chi connectivity index (χ0v) is 16.1. The fourth-order valence-electron chi connectivity index (χ4n) is 3.01. The SMILES string of the molecule is CC(C)CNC(=O)CCc1ccc(S(=O)(=O)NC2CCCCC2)cc1. The van der Waals surface area contributed by atoms with Crippen molar-refractivity contribution in [2.24, 2.45) is 5.92 Å². The highest BCUT2D eigenvalue weighted by Crippen LogP contribution is 2.20. The van der Waals surface area contributed by atoms with Crippen molar-refractivity contribution in [3.05, 3.63) is 29.8 Å². The van der Waals surface area contributed by atoms with Gasteiger partial charge in [-0.05, 0) is 42.9 Å². The van der Waals surface area contributed by atoms with Gasteiger partial charge in [-0.25, -0.2) is 13.1 Å². The highest BCUT2D eigenvalue weighted by molar-refractivity contribution is 7.89. The smallest absolute Gasteiger partial charge is 0.240 e. The van der Waals surface area contributed by atoms with Gasteiger partial charge in [-0.3, -0.25) is 4.79 Å². The molecule has 0 bridgehead atoms. The number of rotatable bonds is 8. The van der Waals surface area contributed by atoms with E-state index in [0.29, 0.717) is 30.2 Å². The summed E-state index contributed by atoms with van der Waals surface area (Å²) in [4.78, 5) is 12.0. The Hall–Kier alpha value is -1.40. The van der Waals surface area contributed by atoms with Crippen molar-refractivity contribution in [1.82, 2.24) is 10.0 Å². The van der Waals surface area contributed by atoms with Crippen molar-refractivity contribution in [1.29, 1.82) is 0 Å². The molecule has 1 fully saturated rings. The van der Waals surface area contributed by atoms with Crippen LogP contribution in [-0.2, 0) is 21.2 Å². The second kappa shape index (κ2) is 9.34. The first-order valence-electron chi connectivity index (χ1n) is 9.25. The summed E-state index contributed by atoms with van der Waals surface area (Å²) in [5, 5.41) is 2.89. The fourth-order valence-corrected chi connectivity index (χ4v) is 4.31. The van der Waals surface area contributed by atoms with Gasteiger partial charge in [0.15, 0.2) is 0 Å². The highest BCUT2D eigenvalue weighted by Gasteiger charge is 2.21. The highest BCUT2D eigenvalue weighted by atomic mass is 32.2. The van der Waals surface area contributed by atoms with Crippen LogP contribution in [0.1, 0.15) is 57.9 Å². The lowest BCUT2D eigenvalue weighted by Crippen LogP contribution is -2.36. The maximum absolute atomic E-state index is 12.5. The number of benzene rings is 1. The average molecular weight is 367 g/mol. The van der Waals surface area contributed by atoms with Crippen LogP contribution in [0.5, 0.6) is 0 Å². The van der Waals surface area contributed by atoms with E-state index in [4.69, 9.17) is 0 Å². The second-order valence-electron chi connectivity index (χ2n) is 7.30. The van der Waals surface area contributed by atoms with Gasteiger partial charge in [0.05, 0.1) is 4.90 Å². The van der Waals surface area contributed by atoms with E-state index in [2.05, 4.69) is 23.9 Å². The molecule has 1 saturated carbocycles. The minimum atomic E-state index is -3.46. The van der Waals surface area contributed by atoms with E-state index >= 15 is 0 Å². The molecular formula is C19H30N2O3S. The van der Waals surface area contributed by atoms with Crippen molar-refractivity contribution in [3.63, 3.8) is 0 Å². The summed E-state index contributed by atoms with van der Waals surface area (Å²) in [5.74, 6) is 0.467. The Balaban J connectivity index is 1.86.